The largest absolute Gasteiger partial charge is 0.384 e. The van der Waals surface area contributed by atoms with Crippen LogP contribution in [0.5, 0.6) is 0 Å². The molecule has 0 aliphatic heterocycles. The molecule has 0 spiro atoms. The van der Waals surface area contributed by atoms with Gasteiger partial charge in [0.25, 0.3) is 0 Å². The number of aromatic amines is 1. The molecular formula is C24H24N8. The van der Waals surface area contributed by atoms with Crippen molar-refractivity contribution in [3.63, 3.8) is 0 Å². The van der Waals surface area contributed by atoms with Gasteiger partial charge in [-0.15, -0.1) is 5.10 Å². The quantitative estimate of drug-likeness (QED) is 0.393. The third-order valence-corrected chi connectivity index (χ3v) is 5.64. The molecule has 0 saturated carbocycles. The Kier molecular flexibility index (Phi) is 5.57. The summed E-state index contributed by atoms with van der Waals surface area (Å²) < 4.78 is 1.95. The van der Waals surface area contributed by atoms with Gasteiger partial charge in [0.15, 0.2) is 0 Å². The number of H-pyrrole nitrogens is 1. The minimum absolute atomic E-state index is 0.0826. The van der Waals surface area contributed by atoms with Gasteiger partial charge in [-0.05, 0) is 53.6 Å². The molecule has 0 fully saturated rings. The molecule has 160 valence electrons. The maximum atomic E-state index is 6.11. The Balaban J connectivity index is 1.45. The van der Waals surface area contributed by atoms with E-state index in [2.05, 4.69) is 60.9 Å². The maximum Gasteiger partial charge on any atom is 0.203 e. The van der Waals surface area contributed by atoms with Gasteiger partial charge in [0.2, 0.25) is 5.65 Å². The van der Waals surface area contributed by atoms with E-state index >= 15 is 0 Å². The van der Waals surface area contributed by atoms with Crippen LogP contribution in [0.3, 0.4) is 0 Å². The summed E-state index contributed by atoms with van der Waals surface area (Å²) in [5.74, 6) is 0.525. The van der Waals surface area contributed by atoms with Crippen LogP contribution in [-0.4, -0.2) is 35.2 Å². The molecule has 4 heterocycles. The van der Waals surface area contributed by atoms with Crippen LogP contribution in [0.25, 0.3) is 11.2 Å². The fraction of sp³-hybridized carbons (Fsp3) is 0.208. The van der Waals surface area contributed by atoms with Crippen molar-refractivity contribution in [3.05, 3.63) is 95.6 Å². The van der Waals surface area contributed by atoms with Crippen molar-refractivity contribution >= 4 is 17.0 Å². The van der Waals surface area contributed by atoms with Crippen LogP contribution in [0.4, 0.5) is 5.82 Å². The summed E-state index contributed by atoms with van der Waals surface area (Å²) in [7, 11) is 0. The maximum absolute atomic E-state index is 6.11. The molecule has 0 aliphatic carbocycles. The molecule has 0 amide bonds. The van der Waals surface area contributed by atoms with Gasteiger partial charge in [-0.3, -0.25) is 9.67 Å². The number of rotatable bonds is 8. The second-order valence-electron chi connectivity index (χ2n) is 7.90. The summed E-state index contributed by atoms with van der Waals surface area (Å²) in [4.78, 5) is 8.50. The van der Waals surface area contributed by atoms with Gasteiger partial charge >= 0.3 is 0 Å². The first-order chi connectivity index (χ1) is 15.8. The molecule has 0 aliphatic rings. The topological polar surface area (TPSA) is 111 Å². The molecule has 1 atom stereocenters. The van der Waals surface area contributed by atoms with E-state index in [1.807, 2.05) is 41.3 Å². The third kappa shape index (κ3) is 4.34. The Morgan fingerprint density at radius 1 is 1.00 bits per heavy atom. The number of pyridine rings is 2. The smallest absolute Gasteiger partial charge is 0.203 e. The van der Waals surface area contributed by atoms with E-state index in [1.165, 1.54) is 5.56 Å². The lowest BCUT2D eigenvalue weighted by Gasteiger charge is -2.17. The van der Waals surface area contributed by atoms with Crippen molar-refractivity contribution in [1.82, 2.24) is 35.2 Å². The Hall–Kier alpha value is -4.07. The first-order valence-corrected chi connectivity index (χ1v) is 10.7. The molecule has 8 nitrogen and oxygen atoms in total. The van der Waals surface area contributed by atoms with Crippen LogP contribution >= 0.6 is 0 Å². The summed E-state index contributed by atoms with van der Waals surface area (Å²) in [6.45, 7) is 0.669. The first kappa shape index (κ1) is 19.9. The lowest BCUT2D eigenvalue weighted by atomic mass is 9.88. The van der Waals surface area contributed by atoms with Gasteiger partial charge in [0, 0.05) is 24.5 Å². The highest BCUT2D eigenvalue weighted by molar-refractivity contribution is 5.77. The zero-order valence-electron chi connectivity index (χ0n) is 17.6. The van der Waals surface area contributed by atoms with Gasteiger partial charge in [-0.1, -0.05) is 36.4 Å². The second kappa shape index (κ2) is 8.97. The highest BCUT2D eigenvalue weighted by Crippen LogP contribution is 2.34. The Labute approximate surface area is 185 Å². The van der Waals surface area contributed by atoms with E-state index in [-0.39, 0.29) is 5.92 Å². The van der Waals surface area contributed by atoms with Crippen molar-refractivity contribution in [1.29, 1.82) is 0 Å². The molecule has 0 radical (unpaired) electrons. The SMILES string of the molecule is Nc1cc(C(CCCc2ccccc2)c2cnn(Cc3cccnc3)c2)c2n[nH]nc2n1. The number of aryl methyl sites for hydroxylation is 1. The average molecular weight is 425 g/mol. The van der Waals surface area contributed by atoms with Crippen LogP contribution in [-0.2, 0) is 13.0 Å². The fourth-order valence-electron chi connectivity index (χ4n) is 4.13. The number of aromatic nitrogens is 7. The molecule has 32 heavy (non-hydrogen) atoms. The zero-order valence-corrected chi connectivity index (χ0v) is 17.6. The van der Waals surface area contributed by atoms with E-state index < -0.39 is 0 Å². The molecule has 5 rings (SSSR count). The number of anilines is 1. The van der Waals surface area contributed by atoms with Gasteiger partial charge in [-0.2, -0.15) is 15.4 Å². The average Bonchev–Trinajstić information content (AvgIpc) is 3.47. The van der Waals surface area contributed by atoms with Crippen molar-refractivity contribution in [3.8, 4) is 0 Å². The van der Waals surface area contributed by atoms with Crippen LogP contribution in [0, 0.1) is 0 Å². The summed E-state index contributed by atoms with van der Waals surface area (Å²) in [6.07, 6.45) is 10.6. The van der Waals surface area contributed by atoms with E-state index in [4.69, 9.17) is 5.73 Å². The first-order valence-electron chi connectivity index (χ1n) is 10.7. The van der Waals surface area contributed by atoms with Crippen molar-refractivity contribution in [2.24, 2.45) is 0 Å². The van der Waals surface area contributed by atoms with Gasteiger partial charge in [0.05, 0.1) is 12.7 Å². The second-order valence-corrected chi connectivity index (χ2v) is 7.90. The number of benzene rings is 1. The summed E-state index contributed by atoms with van der Waals surface area (Å²) in [6, 6.07) is 16.4. The number of hydrogen-bond acceptors (Lipinski definition) is 6. The molecule has 0 saturated heterocycles. The summed E-state index contributed by atoms with van der Waals surface area (Å²) >= 11 is 0. The number of nitrogen functional groups attached to an aromatic ring is 1. The van der Waals surface area contributed by atoms with Crippen molar-refractivity contribution in [2.45, 2.75) is 31.7 Å². The predicted molar refractivity (Wildman–Crippen MR) is 123 cm³/mol. The number of nitrogens with one attached hydrogen (secondary N) is 1. The molecule has 4 aromatic heterocycles. The van der Waals surface area contributed by atoms with Crippen molar-refractivity contribution in [2.75, 3.05) is 5.73 Å². The molecule has 0 bridgehead atoms. The molecule has 1 aromatic carbocycles. The highest BCUT2D eigenvalue weighted by atomic mass is 15.3. The summed E-state index contributed by atoms with van der Waals surface area (Å²) in [5, 5.41) is 15.8. The number of hydrogen-bond donors (Lipinski definition) is 2. The molecular weight excluding hydrogens is 400 g/mol. The Morgan fingerprint density at radius 2 is 1.88 bits per heavy atom. The molecule has 5 aromatic rings. The molecule has 8 heteroatoms. The van der Waals surface area contributed by atoms with Gasteiger partial charge in [-0.25, -0.2) is 4.98 Å². The lowest BCUT2D eigenvalue weighted by Crippen LogP contribution is -2.05. The normalized spacial score (nSPS) is 12.2. The lowest BCUT2D eigenvalue weighted by molar-refractivity contribution is 0.657. The van der Waals surface area contributed by atoms with Crippen LogP contribution in [0.1, 0.15) is 41.0 Å². The van der Waals surface area contributed by atoms with Crippen molar-refractivity contribution < 1.29 is 0 Å². The van der Waals surface area contributed by atoms with Crippen LogP contribution in [0.15, 0.2) is 73.3 Å². The molecule has 3 N–H and O–H groups in total. The zero-order chi connectivity index (χ0) is 21.8. The Morgan fingerprint density at radius 3 is 2.72 bits per heavy atom. The van der Waals surface area contributed by atoms with Gasteiger partial charge < -0.3 is 5.73 Å². The standard InChI is InChI=1S/C24H24N8/c25-22-12-21(23-24(28-22)30-31-29-23)20(10-4-8-17-6-2-1-3-7-17)19-14-27-32(16-19)15-18-9-5-11-26-13-18/h1-3,5-7,9,11-14,16,20H,4,8,10,15H2,(H3,25,28,29,30,31). The van der Waals surface area contributed by atoms with Gasteiger partial charge in [0.1, 0.15) is 11.3 Å². The van der Waals surface area contributed by atoms with E-state index in [0.717, 1.165) is 41.5 Å². The van der Waals surface area contributed by atoms with Crippen LogP contribution < -0.4 is 5.73 Å². The fourth-order valence-corrected chi connectivity index (χ4v) is 4.13. The van der Waals surface area contributed by atoms with E-state index in [0.29, 0.717) is 18.0 Å². The minimum atomic E-state index is 0.0826. The number of fused-ring (bicyclic) bond motifs is 1. The highest BCUT2D eigenvalue weighted by Gasteiger charge is 2.22. The van der Waals surface area contributed by atoms with E-state index in [1.54, 1.807) is 6.20 Å². The van der Waals surface area contributed by atoms with E-state index in [9.17, 15) is 0 Å². The third-order valence-electron chi connectivity index (χ3n) is 5.64. The summed E-state index contributed by atoms with van der Waals surface area (Å²) in [5.41, 5.74) is 12.0. The monoisotopic (exact) mass is 424 g/mol. The number of nitrogens with two attached hydrogens (primary N) is 1. The minimum Gasteiger partial charge on any atom is -0.384 e. The Bertz CT molecular complexity index is 1290. The predicted octanol–water partition coefficient (Wildman–Crippen LogP) is 3.73. The number of nitrogens with zero attached hydrogens (tertiary/aromatic N) is 6. The molecule has 1 unspecified atom stereocenters. The van der Waals surface area contributed by atoms with Crippen LogP contribution in [0.2, 0.25) is 0 Å².